The monoisotopic (exact) mass is 469 g/mol. The number of nitrogens with zero attached hydrogens (tertiary/aromatic N) is 5. The number of alkyl halides is 1. The second-order valence-corrected chi connectivity index (χ2v) is 8.75. The van der Waals surface area contributed by atoms with Gasteiger partial charge in [0.1, 0.15) is 36.4 Å². The molecule has 0 amide bonds. The average Bonchev–Trinajstić information content (AvgIpc) is 3.31. The van der Waals surface area contributed by atoms with E-state index in [1.165, 1.54) is 24.0 Å². The summed E-state index contributed by atoms with van der Waals surface area (Å²) in [6.07, 6.45) is -1.85. The summed E-state index contributed by atoms with van der Waals surface area (Å²) in [5.41, 5.74) is -1.38. The van der Waals surface area contributed by atoms with Crippen molar-refractivity contribution in [1.29, 1.82) is 0 Å². The van der Waals surface area contributed by atoms with Gasteiger partial charge >= 0.3 is 11.8 Å². The summed E-state index contributed by atoms with van der Waals surface area (Å²) in [7, 11) is 0. The van der Waals surface area contributed by atoms with Gasteiger partial charge in [-0.15, -0.1) is 5.10 Å². The van der Waals surface area contributed by atoms with Crippen LogP contribution < -0.4 is 11.2 Å². The summed E-state index contributed by atoms with van der Waals surface area (Å²) in [4.78, 5) is 37.3. The van der Waals surface area contributed by atoms with Crippen molar-refractivity contribution >= 4 is 6.16 Å². The van der Waals surface area contributed by atoms with Gasteiger partial charge in [0.25, 0.3) is 5.56 Å². The van der Waals surface area contributed by atoms with Crippen LogP contribution in [0.1, 0.15) is 44.7 Å². The minimum atomic E-state index is -1.50. The maximum Gasteiger partial charge on any atom is 0.508 e. The second-order valence-electron chi connectivity index (χ2n) is 8.75. The highest BCUT2D eigenvalue weighted by molar-refractivity contribution is 5.60. The minimum Gasteiger partial charge on any atom is -0.431 e. The zero-order valence-electron chi connectivity index (χ0n) is 18.9. The fraction of sp³-hybridized carbons (Fsp3) is 0.650. The Hall–Kier alpha value is -3.06. The normalized spacial score (nSPS) is 20.7. The fourth-order valence-electron chi connectivity index (χ4n) is 3.33. The number of aliphatic hydroxyl groups excluding tert-OH is 1. The molecule has 1 aliphatic heterocycles. The Kier molecular flexibility index (Phi) is 7.32. The van der Waals surface area contributed by atoms with Crippen molar-refractivity contribution in [1.82, 2.24) is 24.1 Å². The molecule has 3 rings (SSSR count). The van der Waals surface area contributed by atoms with Crippen LogP contribution in [-0.4, -0.2) is 66.5 Å². The molecular formula is C20H28FN5O7. The summed E-state index contributed by atoms with van der Waals surface area (Å²) < 4.78 is 33.7. The van der Waals surface area contributed by atoms with Gasteiger partial charge in [0, 0.05) is 18.2 Å². The summed E-state index contributed by atoms with van der Waals surface area (Å²) in [6.45, 7) is 6.10. The lowest BCUT2D eigenvalue weighted by Crippen LogP contribution is -2.42. The van der Waals surface area contributed by atoms with Gasteiger partial charge in [-0.2, -0.15) is 0 Å². The van der Waals surface area contributed by atoms with E-state index in [-0.39, 0.29) is 38.3 Å². The number of hydrogen-bond donors (Lipinski definition) is 1. The third-order valence-electron chi connectivity index (χ3n) is 4.83. The van der Waals surface area contributed by atoms with E-state index >= 15 is 0 Å². The Morgan fingerprint density at radius 2 is 2.06 bits per heavy atom. The van der Waals surface area contributed by atoms with E-state index in [0.29, 0.717) is 5.69 Å². The van der Waals surface area contributed by atoms with Crippen LogP contribution in [0.2, 0.25) is 0 Å². The van der Waals surface area contributed by atoms with E-state index in [0.717, 1.165) is 9.13 Å². The zero-order valence-corrected chi connectivity index (χ0v) is 18.9. The third-order valence-corrected chi connectivity index (χ3v) is 4.83. The highest BCUT2D eigenvalue weighted by atomic mass is 19.1. The van der Waals surface area contributed by atoms with Crippen molar-refractivity contribution in [3.8, 4) is 0 Å². The Balaban J connectivity index is 1.75. The van der Waals surface area contributed by atoms with Gasteiger partial charge in [-0.25, -0.2) is 18.7 Å². The van der Waals surface area contributed by atoms with Gasteiger partial charge < -0.3 is 19.3 Å². The average molecular weight is 469 g/mol. The zero-order chi connectivity index (χ0) is 24.3. The van der Waals surface area contributed by atoms with Crippen LogP contribution in [0.15, 0.2) is 22.0 Å². The Morgan fingerprint density at radius 1 is 1.33 bits per heavy atom. The highest BCUT2D eigenvalue weighted by Gasteiger charge is 2.38. The van der Waals surface area contributed by atoms with Crippen molar-refractivity contribution in [2.45, 2.75) is 71.3 Å². The van der Waals surface area contributed by atoms with E-state index in [1.807, 2.05) is 0 Å². The lowest BCUT2D eigenvalue weighted by molar-refractivity contribution is -0.0626. The van der Waals surface area contributed by atoms with E-state index in [2.05, 4.69) is 10.3 Å². The van der Waals surface area contributed by atoms with Crippen molar-refractivity contribution < 1.29 is 28.5 Å². The van der Waals surface area contributed by atoms with Crippen molar-refractivity contribution in [3.05, 3.63) is 44.5 Å². The molecule has 3 heterocycles. The SMILES string of the molecule is Cc1cn([C@H]2C[C@H](F)[C@@H](COC(=O)OC(C)(C)C)O2)c(=O)n(Cc2cn(CCO)nn2)c1=O. The lowest BCUT2D eigenvalue weighted by atomic mass is 10.2. The molecule has 0 bridgehead atoms. The van der Waals surface area contributed by atoms with Crippen molar-refractivity contribution in [3.63, 3.8) is 0 Å². The van der Waals surface area contributed by atoms with Crippen LogP contribution >= 0.6 is 0 Å². The first-order valence-electron chi connectivity index (χ1n) is 10.5. The number of aromatic nitrogens is 5. The van der Waals surface area contributed by atoms with Gasteiger partial charge in [-0.05, 0) is 27.7 Å². The minimum absolute atomic E-state index is 0.137. The molecule has 12 nitrogen and oxygen atoms in total. The number of hydrogen-bond acceptors (Lipinski definition) is 9. The van der Waals surface area contributed by atoms with Crippen LogP contribution in [0.3, 0.4) is 0 Å². The number of halogens is 1. The summed E-state index contributed by atoms with van der Waals surface area (Å²) >= 11 is 0. The van der Waals surface area contributed by atoms with Gasteiger partial charge in [-0.3, -0.25) is 13.9 Å². The van der Waals surface area contributed by atoms with Gasteiger partial charge in [0.15, 0.2) is 0 Å². The second kappa shape index (κ2) is 9.83. The summed E-state index contributed by atoms with van der Waals surface area (Å²) in [5, 5.41) is 16.7. The fourth-order valence-corrected chi connectivity index (χ4v) is 3.33. The smallest absolute Gasteiger partial charge is 0.431 e. The summed E-state index contributed by atoms with van der Waals surface area (Å²) in [6, 6.07) is 0. The molecule has 1 fully saturated rings. The Morgan fingerprint density at radius 3 is 2.73 bits per heavy atom. The number of carbonyl (C=O) groups excluding carboxylic acids is 1. The summed E-state index contributed by atoms with van der Waals surface area (Å²) in [5.74, 6) is 0. The molecule has 33 heavy (non-hydrogen) atoms. The molecule has 3 atom stereocenters. The van der Waals surface area contributed by atoms with Crippen LogP contribution in [-0.2, 0) is 27.3 Å². The molecule has 0 aliphatic carbocycles. The van der Waals surface area contributed by atoms with Gasteiger partial charge in [0.05, 0.1) is 25.9 Å². The maximum absolute atomic E-state index is 14.6. The number of aryl methyl sites for hydroxylation is 1. The van der Waals surface area contributed by atoms with Crippen LogP contribution in [0.5, 0.6) is 0 Å². The predicted octanol–water partition coefficient (Wildman–Crippen LogP) is 0.528. The largest absolute Gasteiger partial charge is 0.508 e. The first-order chi connectivity index (χ1) is 15.5. The molecular weight excluding hydrogens is 441 g/mol. The molecule has 1 saturated heterocycles. The molecule has 0 unspecified atom stereocenters. The Labute approximate surface area is 188 Å². The number of rotatable bonds is 7. The molecule has 13 heteroatoms. The topological polar surface area (TPSA) is 140 Å². The first kappa shape index (κ1) is 24.6. The van der Waals surface area contributed by atoms with Crippen LogP contribution in [0.25, 0.3) is 0 Å². The molecule has 0 aromatic carbocycles. The molecule has 0 saturated carbocycles. The van der Waals surface area contributed by atoms with E-state index in [4.69, 9.17) is 19.3 Å². The predicted molar refractivity (Wildman–Crippen MR) is 112 cm³/mol. The number of aliphatic hydroxyl groups is 1. The quantitative estimate of drug-likeness (QED) is 0.575. The molecule has 2 aromatic rings. The first-order valence-corrected chi connectivity index (χ1v) is 10.5. The third kappa shape index (κ3) is 6.05. The Bertz CT molecular complexity index is 1100. The molecule has 0 radical (unpaired) electrons. The number of carbonyl (C=O) groups is 1. The van der Waals surface area contributed by atoms with Crippen molar-refractivity contribution in [2.75, 3.05) is 13.2 Å². The van der Waals surface area contributed by atoms with Crippen LogP contribution in [0.4, 0.5) is 9.18 Å². The van der Waals surface area contributed by atoms with Crippen LogP contribution in [0, 0.1) is 6.92 Å². The van der Waals surface area contributed by atoms with Gasteiger partial charge in [-0.1, -0.05) is 5.21 Å². The highest BCUT2D eigenvalue weighted by Crippen LogP contribution is 2.30. The van der Waals surface area contributed by atoms with Crippen molar-refractivity contribution in [2.24, 2.45) is 0 Å². The van der Waals surface area contributed by atoms with Gasteiger partial charge in [0.2, 0.25) is 0 Å². The van der Waals surface area contributed by atoms with E-state index in [1.54, 1.807) is 20.8 Å². The molecule has 1 N–H and O–H groups in total. The lowest BCUT2D eigenvalue weighted by Gasteiger charge is -2.20. The van der Waals surface area contributed by atoms with E-state index in [9.17, 15) is 18.8 Å². The molecule has 182 valence electrons. The molecule has 0 spiro atoms. The maximum atomic E-state index is 14.6. The molecule has 1 aliphatic rings. The molecule has 2 aromatic heterocycles. The standard InChI is InChI=1S/C20H28FN5O7/c1-12-8-25(16-7-14(21)15(32-16)11-31-19(30)33-20(2,3)4)18(29)26(17(12)28)10-13-9-24(5-6-27)23-22-13/h8-9,14-16,27H,5-7,10-11H2,1-4H3/t14-,15+,16+/m0/s1. The van der Waals surface area contributed by atoms with E-state index < -0.39 is 41.5 Å². The number of ether oxygens (including phenoxy) is 3.